The minimum absolute atomic E-state index is 0.0516. The predicted octanol–water partition coefficient (Wildman–Crippen LogP) is 22.6. The highest BCUT2D eigenvalue weighted by molar-refractivity contribution is 6.05. The number of hydrogen-bond acceptors (Lipinski definition) is 1. The Kier molecular flexibility index (Phi) is 13.0. The smallest absolute Gasteiger partial charge is 0.143 e. The summed E-state index contributed by atoms with van der Waals surface area (Å²) in [7, 11) is 0. The van der Waals surface area contributed by atoms with Gasteiger partial charge in [0.05, 0.1) is 16.2 Å². The van der Waals surface area contributed by atoms with Crippen molar-refractivity contribution < 1.29 is 4.42 Å². The van der Waals surface area contributed by atoms with Crippen LogP contribution < -0.4 is 0 Å². The fourth-order valence-electron chi connectivity index (χ4n) is 17.6. The zero-order chi connectivity index (χ0) is 60.1. The Morgan fingerprint density at radius 3 is 1.67 bits per heavy atom. The lowest BCUT2D eigenvalue weighted by molar-refractivity contribution is 0.456. The van der Waals surface area contributed by atoms with Crippen molar-refractivity contribution in [3.8, 4) is 33.4 Å². The molecule has 10 aromatic rings. The van der Waals surface area contributed by atoms with Gasteiger partial charge in [0.25, 0.3) is 0 Å². The Bertz CT molecular complexity index is 4790. The molecule has 1 heterocycles. The SMILES string of the molecule is Cc1oc2c3c(ccc2c1/C=C\C(C)C)C(C1=CC=C(c2ccccc2)CC1)(c1cc(C2(C4=CCC(C5=CCCC=C5)C=C4)c4ccccc4-c4ccccc42)cc(C2(C4C=CC(c5ccccc5)=CC4)c4ccccc4-c4ccccc42)c1)c1ccccc1-3. The number of hydrogen-bond donors (Lipinski definition) is 0. The minimum atomic E-state index is -0.764. The van der Waals surface area contributed by atoms with E-state index in [4.69, 9.17) is 4.42 Å². The van der Waals surface area contributed by atoms with Gasteiger partial charge in [0, 0.05) is 22.4 Å². The van der Waals surface area contributed by atoms with Crippen LogP contribution in [0.3, 0.4) is 0 Å². The molecule has 17 rings (SSSR count). The summed E-state index contributed by atoms with van der Waals surface area (Å²) >= 11 is 0. The lowest BCUT2D eigenvalue weighted by atomic mass is 9.57. The van der Waals surface area contributed by atoms with Crippen molar-refractivity contribution in [2.24, 2.45) is 17.8 Å². The summed E-state index contributed by atoms with van der Waals surface area (Å²) in [5.74, 6) is 1.70. The van der Waals surface area contributed by atoms with Crippen molar-refractivity contribution in [2.45, 2.75) is 75.5 Å². The molecule has 0 saturated heterocycles. The molecule has 0 amide bonds. The molecule has 0 N–H and O–H groups in total. The summed E-state index contributed by atoms with van der Waals surface area (Å²) in [5, 5.41) is 1.16. The van der Waals surface area contributed by atoms with Gasteiger partial charge in [-0.2, -0.15) is 0 Å². The van der Waals surface area contributed by atoms with E-state index < -0.39 is 16.2 Å². The van der Waals surface area contributed by atoms with Crippen LogP contribution in [0.2, 0.25) is 0 Å². The first-order valence-electron chi connectivity index (χ1n) is 32.9. The van der Waals surface area contributed by atoms with Crippen molar-refractivity contribution in [2.75, 3.05) is 0 Å². The lowest BCUT2D eigenvalue weighted by Crippen LogP contribution is -2.38. The molecule has 0 spiro atoms. The van der Waals surface area contributed by atoms with E-state index in [1.54, 1.807) is 0 Å². The van der Waals surface area contributed by atoms with E-state index in [0.717, 1.165) is 60.8 Å². The molecule has 90 heavy (non-hydrogen) atoms. The Morgan fingerprint density at radius 1 is 0.489 bits per heavy atom. The number of fused-ring (bicyclic) bond motifs is 11. The van der Waals surface area contributed by atoms with E-state index in [-0.39, 0.29) is 5.92 Å². The minimum Gasteiger partial charge on any atom is -0.460 e. The summed E-state index contributed by atoms with van der Waals surface area (Å²) in [4.78, 5) is 0. The third-order valence-corrected chi connectivity index (χ3v) is 21.5. The summed E-state index contributed by atoms with van der Waals surface area (Å²) in [5.41, 5.74) is 28.8. The average Bonchev–Trinajstić information content (AvgIpc) is 1.46. The van der Waals surface area contributed by atoms with E-state index in [0.29, 0.717) is 11.8 Å². The van der Waals surface area contributed by atoms with E-state index in [2.05, 4.69) is 312 Å². The van der Waals surface area contributed by atoms with Crippen LogP contribution in [0.15, 0.2) is 306 Å². The van der Waals surface area contributed by atoms with Crippen molar-refractivity contribution in [3.63, 3.8) is 0 Å². The Morgan fingerprint density at radius 2 is 1.08 bits per heavy atom. The second-order valence-corrected chi connectivity index (χ2v) is 26.4. The first kappa shape index (κ1) is 54.3. The summed E-state index contributed by atoms with van der Waals surface area (Å²) < 4.78 is 7.25. The zero-order valence-electron chi connectivity index (χ0n) is 51.6. The van der Waals surface area contributed by atoms with Crippen LogP contribution in [0.25, 0.3) is 61.6 Å². The van der Waals surface area contributed by atoms with Crippen LogP contribution in [0, 0.1) is 24.7 Å². The molecule has 3 unspecified atom stereocenters. The molecule has 0 aliphatic heterocycles. The molecule has 1 aromatic heterocycles. The van der Waals surface area contributed by atoms with Gasteiger partial charge >= 0.3 is 0 Å². The van der Waals surface area contributed by atoms with Crippen LogP contribution >= 0.6 is 0 Å². The Labute approximate surface area is 530 Å². The molecule has 1 nitrogen and oxygen atoms in total. The zero-order valence-corrected chi connectivity index (χ0v) is 51.6. The van der Waals surface area contributed by atoms with Crippen LogP contribution in [0.4, 0.5) is 0 Å². The Hall–Kier alpha value is -9.82. The molecule has 1 heteroatoms. The predicted molar refractivity (Wildman–Crippen MR) is 375 cm³/mol. The first-order chi connectivity index (χ1) is 44.4. The van der Waals surface area contributed by atoms with E-state index in [9.17, 15) is 0 Å². The number of allylic oxidation sites excluding steroid dienone is 17. The van der Waals surface area contributed by atoms with E-state index in [1.165, 1.54) is 122 Å². The summed E-state index contributed by atoms with van der Waals surface area (Å²) in [6, 6.07) is 82.1. The maximum Gasteiger partial charge on any atom is 0.143 e. The maximum atomic E-state index is 7.25. The van der Waals surface area contributed by atoms with Gasteiger partial charge in [0.2, 0.25) is 0 Å². The molecule has 0 bridgehead atoms. The first-order valence-corrected chi connectivity index (χ1v) is 32.9. The van der Waals surface area contributed by atoms with Crippen molar-refractivity contribution >= 4 is 28.2 Å². The maximum absolute atomic E-state index is 7.25. The number of benzene rings is 9. The molecule has 434 valence electrons. The Balaban J connectivity index is 1.03. The number of rotatable bonds is 11. The van der Waals surface area contributed by atoms with Gasteiger partial charge < -0.3 is 4.42 Å². The molecule has 0 saturated carbocycles. The fourth-order valence-corrected chi connectivity index (χ4v) is 17.6. The van der Waals surface area contributed by atoms with Gasteiger partial charge in [-0.15, -0.1) is 0 Å². The van der Waals surface area contributed by atoms with Crippen LogP contribution in [0.1, 0.15) is 125 Å². The van der Waals surface area contributed by atoms with Crippen LogP contribution in [0.5, 0.6) is 0 Å². The fraction of sp³-hybridized carbons (Fsp3) is 0.169. The van der Waals surface area contributed by atoms with Crippen LogP contribution in [-0.2, 0) is 16.2 Å². The van der Waals surface area contributed by atoms with E-state index >= 15 is 0 Å². The molecular formula is C89H72O. The highest BCUT2D eigenvalue weighted by Crippen LogP contribution is 2.65. The summed E-state index contributed by atoms with van der Waals surface area (Å²) in [6.07, 6.45) is 37.8. The van der Waals surface area contributed by atoms with Gasteiger partial charge in [-0.3, -0.25) is 0 Å². The molecule has 0 radical (unpaired) electrons. The molecular weight excluding hydrogens is 1080 g/mol. The third-order valence-electron chi connectivity index (χ3n) is 21.5. The van der Waals surface area contributed by atoms with Crippen molar-refractivity contribution in [3.05, 3.63) is 374 Å². The van der Waals surface area contributed by atoms with Gasteiger partial charge in [0.1, 0.15) is 11.3 Å². The molecule has 7 aliphatic rings. The van der Waals surface area contributed by atoms with Gasteiger partial charge in [-0.25, -0.2) is 0 Å². The standard InChI is InChI=1S/C89H72O/c1-58(2)39-52-72-59(3)90-86-77(72)53-54-84-85(86)78-33-17-22-38-83(78)89(84,68-50-44-65(45-51-68)62-27-11-6-12-28-62)71-56-69(87(66-46-40-63(41-47-66)60-23-7-4-8-24-60)79-34-18-13-29-73(79)74-30-14-19-35-80(74)87)55-70(57-71)88(67-48-42-64(43-49-67)61-25-9-5-10-26-61)81-36-20-15-31-75(81)76-32-16-21-37-82(76)88/h4,6-9,11-42,44,46,48-50,52-58,64,66H,5,10,43,45,47,51H2,1-3H3/b52-39-. The highest BCUT2D eigenvalue weighted by Gasteiger charge is 2.55. The van der Waals surface area contributed by atoms with Gasteiger partial charge in [-0.05, 0) is 169 Å². The van der Waals surface area contributed by atoms with Crippen molar-refractivity contribution in [1.82, 2.24) is 0 Å². The number of aryl methyl sites for hydroxylation is 1. The second kappa shape index (κ2) is 21.5. The topological polar surface area (TPSA) is 13.1 Å². The van der Waals surface area contributed by atoms with Crippen LogP contribution in [-0.4, -0.2) is 0 Å². The largest absolute Gasteiger partial charge is 0.460 e. The molecule has 7 aliphatic carbocycles. The van der Waals surface area contributed by atoms with Gasteiger partial charge in [0.15, 0.2) is 0 Å². The van der Waals surface area contributed by atoms with Crippen molar-refractivity contribution in [1.29, 1.82) is 0 Å². The molecule has 0 fully saturated rings. The molecule has 9 aromatic carbocycles. The average molecular weight is 1160 g/mol. The lowest BCUT2D eigenvalue weighted by Gasteiger charge is -2.44. The van der Waals surface area contributed by atoms with E-state index in [1.807, 2.05) is 0 Å². The molecule has 3 atom stereocenters. The summed E-state index contributed by atoms with van der Waals surface area (Å²) in [6.45, 7) is 6.66. The highest BCUT2D eigenvalue weighted by atomic mass is 16.3. The third kappa shape index (κ3) is 8.01. The normalized spacial score (nSPS) is 20.4. The monoisotopic (exact) mass is 1160 g/mol. The number of furan rings is 1. The second-order valence-electron chi connectivity index (χ2n) is 26.4. The van der Waals surface area contributed by atoms with Gasteiger partial charge in [-0.1, -0.05) is 311 Å². The quantitative estimate of drug-likeness (QED) is 0.126.